The highest BCUT2D eigenvalue weighted by Gasteiger charge is 2.57. The fourth-order valence-electron chi connectivity index (χ4n) is 8.98. The molecule has 0 saturated carbocycles. The highest BCUT2D eigenvalue weighted by atomic mass is 16.7. The second-order valence-electron chi connectivity index (χ2n) is 16.3. The predicted octanol–water partition coefficient (Wildman–Crippen LogP) is 3.28. The summed E-state index contributed by atoms with van der Waals surface area (Å²) in [6.45, 7) is 15.5. The number of carbonyl (C=O) groups excluding carboxylic acids is 1. The number of likely N-dealkylation sites (N-methyl/N-ethyl adjacent to an activating group) is 1. The number of nitrogens with two attached hydrogens (primary N) is 1. The molecule has 5 rings (SSSR count). The van der Waals surface area contributed by atoms with Crippen LogP contribution in [0.5, 0.6) is 0 Å². The van der Waals surface area contributed by atoms with Gasteiger partial charge in [-0.2, -0.15) is 0 Å². The number of cyclic esters (lactones) is 1. The number of aromatic nitrogens is 1. The Bertz CT molecular complexity index is 1350. The van der Waals surface area contributed by atoms with E-state index in [-0.39, 0.29) is 43.1 Å². The second-order valence-corrected chi connectivity index (χ2v) is 16.3. The van der Waals surface area contributed by atoms with Crippen LogP contribution in [0.1, 0.15) is 86.8 Å². The quantitative estimate of drug-likeness (QED) is 0.336. The Balaban J connectivity index is 1.49. The maximum absolute atomic E-state index is 14.2. The third-order valence-corrected chi connectivity index (χ3v) is 11.9. The molecule has 51 heavy (non-hydrogen) atoms. The largest absolute Gasteiger partial charge is 0.459 e. The molecular formula is C38H62N4O9. The zero-order chi connectivity index (χ0) is 37.4. The number of oxime groups is 1. The minimum Gasteiger partial charge on any atom is -0.459 e. The smallest absolute Gasteiger partial charge is 0.311 e. The van der Waals surface area contributed by atoms with Crippen molar-refractivity contribution in [3.63, 3.8) is 0 Å². The molecule has 5 heterocycles. The summed E-state index contributed by atoms with van der Waals surface area (Å²) in [5.41, 5.74) is 5.88. The highest BCUT2D eigenvalue weighted by Crippen LogP contribution is 2.45. The molecular weight excluding hydrogens is 656 g/mol. The van der Waals surface area contributed by atoms with E-state index in [1.54, 1.807) is 20.0 Å². The van der Waals surface area contributed by atoms with Gasteiger partial charge in [0.2, 0.25) is 0 Å². The zero-order valence-corrected chi connectivity index (χ0v) is 32.1. The Morgan fingerprint density at radius 3 is 2.49 bits per heavy atom. The molecule has 3 saturated heterocycles. The lowest BCUT2D eigenvalue weighted by Crippen LogP contribution is -2.59. The van der Waals surface area contributed by atoms with E-state index in [1.165, 1.54) is 0 Å². The second kappa shape index (κ2) is 16.0. The fourth-order valence-corrected chi connectivity index (χ4v) is 8.98. The molecule has 13 nitrogen and oxygen atoms in total. The van der Waals surface area contributed by atoms with Gasteiger partial charge in [-0.05, 0) is 79.1 Å². The maximum Gasteiger partial charge on any atom is 0.311 e. The van der Waals surface area contributed by atoms with Crippen LogP contribution in [0.2, 0.25) is 0 Å². The topological polar surface area (TPSA) is 167 Å². The number of fused-ring (bicyclic) bond motifs is 2. The van der Waals surface area contributed by atoms with Crippen LogP contribution in [-0.4, -0.2) is 125 Å². The number of aliphatic hydroxyl groups is 2. The van der Waals surface area contributed by atoms with Crippen molar-refractivity contribution >= 4 is 11.7 Å². The standard InChI is InChI=1S/C38H62N4O9/c1-11-29-38(8)33(39)22(4)31(50-38)20(2)18-37(7,45)34(49-36-30(43)28(42(9)10)16-21(3)47-36)23(5)32(24(6)35(44)48-29)46-19-25-17-27(41-51-25)26-14-12-13-15-40-26/h12-15,20-25,28-34,36,43,45H,11,16-19,39H2,1-10H3/t20-,21-,22-,23+,24-,25?,28+,29+,30-,31-,32+,33+,34-,36+,37+,38?/m1/s1. The van der Waals surface area contributed by atoms with Crippen molar-refractivity contribution in [3.8, 4) is 0 Å². The third kappa shape index (κ3) is 8.31. The summed E-state index contributed by atoms with van der Waals surface area (Å²) in [6, 6.07) is 4.98. The van der Waals surface area contributed by atoms with Crippen LogP contribution < -0.4 is 5.73 Å². The average Bonchev–Trinajstić information content (AvgIpc) is 3.65. The molecule has 16 atom stereocenters. The SMILES string of the molecule is CC[C@@H]1OC(=O)[C@H](C)[C@@H](OCC2CC(c3ccccn3)=NO2)[C@H](C)[C@@H](O[C@@H]2O[C@H](C)C[C@H](N(C)C)[C@H]2O)[C@@](C)(O)C[C@@H](C)[C@H]2OC1(C)[C@@H](N)[C@@H]2C. The van der Waals surface area contributed by atoms with E-state index in [1.807, 2.05) is 71.8 Å². The van der Waals surface area contributed by atoms with Gasteiger partial charge in [0, 0.05) is 36.5 Å². The van der Waals surface area contributed by atoms with Gasteiger partial charge in [-0.15, -0.1) is 0 Å². The van der Waals surface area contributed by atoms with Crippen molar-refractivity contribution in [3.05, 3.63) is 30.1 Å². The molecule has 13 heteroatoms. The molecule has 0 spiro atoms. The summed E-state index contributed by atoms with van der Waals surface area (Å²) in [4.78, 5) is 26.3. The number of aliphatic hydroxyl groups excluding tert-OH is 1. The number of nitrogens with zero attached hydrogens (tertiary/aromatic N) is 3. The molecule has 3 fully saturated rings. The summed E-state index contributed by atoms with van der Waals surface area (Å²) >= 11 is 0. The normalized spacial score (nSPS) is 45.3. The molecule has 0 radical (unpaired) electrons. The van der Waals surface area contributed by atoms with Gasteiger partial charge in [-0.3, -0.25) is 9.78 Å². The molecule has 2 unspecified atom stereocenters. The summed E-state index contributed by atoms with van der Waals surface area (Å²) < 4.78 is 32.7. The first kappa shape index (κ1) is 40.0. The molecule has 2 bridgehead atoms. The molecule has 0 amide bonds. The number of hydrogen-bond acceptors (Lipinski definition) is 13. The van der Waals surface area contributed by atoms with Crippen molar-refractivity contribution in [2.45, 2.75) is 153 Å². The van der Waals surface area contributed by atoms with Crippen molar-refractivity contribution in [1.82, 2.24) is 9.88 Å². The first-order valence-electron chi connectivity index (χ1n) is 18.8. The summed E-state index contributed by atoms with van der Waals surface area (Å²) in [5.74, 6) is -2.09. The van der Waals surface area contributed by atoms with Gasteiger partial charge < -0.3 is 49.4 Å². The number of esters is 1. The van der Waals surface area contributed by atoms with Crippen LogP contribution in [0.3, 0.4) is 0 Å². The molecule has 4 N–H and O–H groups in total. The monoisotopic (exact) mass is 718 g/mol. The van der Waals surface area contributed by atoms with Crippen LogP contribution in [-0.2, 0) is 33.3 Å². The van der Waals surface area contributed by atoms with E-state index in [9.17, 15) is 15.0 Å². The first-order chi connectivity index (χ1) is 24.0. The van der Waals surface area contributed by atoms with Gasteiger partial charge in [-0.25, -0.2) is 0 Å². The van der Waals surface area contributed by atoms with Crippen molar-refractivity contribution in [1.29, 1.82) is 0 Å². The number of carbonyl (C=O) groups is 1. The zero-order valence-electron chi connectivity index (χ0n) is 32.1. The van der Waals surface area contributed by atoms with Crippen LogP contribution in [0.25, 0.3) is 0 Å². The number of rotatable bonds is 8. The third-order valence-electron chi connectivity index (χ3n) is 11.9. The minimum absolute atomic E-state index is 0.0726. The van der Waals surface area contributed by atoms with Gasteiger partial charge in [-0.1, -0.05) is 38.9 Å². The fraction of sp³-hybridized carbons (Fsp3) is 0.816. The van der Waals surface area contributed by atoms with E-state index in [4.69, 9.17) is 34.3 Å². The molecule has 4 aliphatic heterocycles. The number of hydrogen-bond donors (Lipinski definition) is 3. The Hall–Kier alpha value is -2.23. The Kier molecular flexibility index (Phi) is 12.6. The van der Waals surface area contributed by atoms with E-state index in [0.717, 1.165) is 5.69 Å². The predicted molar refractivity (Wildman–Crippen MR) is 191 cm³/mol. The lowest BCUT2D eigenvalue weighted by molar-refractivity contribution is -0.300. The highest BCUT2D eigenvalue weighted by molar-refractivity contribution is 5.99. The minimum atomic E-state index is -1.48. The van der Waals surface area contributed by atoms with Crippen LogP contribution in [0.15, 0.2) is 29.6 Å². The van der Waals surface area contributed by atoms with Crippen molar-refractivity contribution in [2.75, 3.05) is 20.7 Å². The van der Waals surface area contributed by atoms with E-state index in [0.29, 0.717) is 25.0 Å². The van der Waals surface area contributed by atoms with Gasteiger partial charge in [0.1, 0.15) is 23.5 Å². The van der Waals surface area contributed by atoms with E-state index in [2.05, 4.69) is 17.1 Å². The Labute approximate surface area is 303 Å². The lowest BCUT2D eigenvalue weighted by atomic mass is 9.75. The van der Waals surface area contributed by atoms with Crippen LogP contribution in [0, 0.1) is 23.7 Å². The maximum atomic E-state index is 14.2. The average molecular weight is 719 g/mol. The molecule has 1 aromatic heterocycles. The van der Waals surface area contributed by atoms with Gasteiger partial charge in [0.15, 0.2) is 12.4 Å². The summed E-state index contributed by atoms with van der Waals surface area (Å²) in [6.07, 6.45) is -1.71. The van der Waals surface area contributed by atoms with Crippen LogP contribution >= 0.6 is 0 Å². The lowest BCUT2D eigenvalue weighted by Gasteiger charge is -2.47. The summed E-state index contributed by atoms with van der Waals surface area (Å²) in [5, 5.41) is 28.3. The number of ether oxygens (including phenoxy) is 5. The molecule has 0 aliphatic carbocycles. The molecule has 0 aromatic carbocycles. The van der Waals surface area contributed by atoms with Gasteiger partial charge in [0.05, 0.1) is 48.2 Å². The first-order valence-corrected chi connectivity index (χ1v) is 18.8. The molecule has 1 aromatic rings. The van der Waals surface area contributed by atoms with E-state index >= 15 is 0 Å². The van der Waals surface area contributed by atoms with Gasteiger partial charge >= 0.3 is 5.97 Å². The van der Waals surface area contributed by atoms with Crippen LogP contribution in [0.4, 0.5) is 0 Å². The van der Waals surface area contributed by atoms with Crippen molar-refractivity contribution < 1.29 is 43.5 Å². The van der Waals surface area contributed by atoms with Crippen molar-refractivity contribution in [2.24, 2.45) is 34.6 Å². The Morgan fingerprint density at radius 2 is 1.84 bits per heavy atom. The molecule has 4 aliphatic rings. The Morgan fingerprint density at radius 1 is 1.12 bits per heavy atom. The summed E-state index contributed by atoms with van der Waals surface area (Å²) in [7, 11) is 3.83. The van der Waals surface area contributed by atoms with E-state index < -0.39 is 71.9 Å². The van der Waals surface area contributed by atoms with Gasteiger partial charge in [0.25, 0.3) is 0 Å². The number of pyridine rings is 1. The molecule has 288 valence electrons.